The lowest BCUT2D eigenvalue weighted by Crippen LogP contribution is -2.26. The molecule has 1 fully saturated rings. The number of rotatable bonds is 6. The largest absolute Gasteiger partial charge is 0.371 e. The van der Waals surface area contributed by atoms with Crippen LogP contribution >= 0.6 is 0 Å². The Kier molecular flexibility index (Phi) is 5.06. The molecule has 1 aromatic carbocycles. The fraction of sp³-hybridized carbons (Fsp3) is 0.625. The number of hydrogen-bond acceptors (Lipinski definition) is 2. The molecule has 2 heteroatoms. The van der Waals surface area contributed by atoms with E-state index in [0.717, 1.165) is 18.9 Å². The van der Waals surface area contributed by atoms with Gasteiger partial charge < -0.3 is 10.2 Å². The molecular formula is C16H26N2. The number of nitrogens with one attached hydrogen (secondary N) is 1. The number of aryl methyl sites for hydroxylation is 1. The van der Waals surface area contributed by atoms with E-state index in [2.05, 4.69) is 48.3 Å². The first-order valence-corrected chi connectivity index (χ1v) is 7.38. The van der Waals surface area contributed by atoms with Crippen molar-refractivity contribution < 1.29 is 0 Å². The molecule has 1 atom stereocenters. The summed E-state index contributed by atoms with van der Waals surface area (Å²) in [7, 11) is 0. The summed E-state index contributed by atoms with van der Waals surface area (Å²) in [6, 6.07) is 9.08. The topological polar surface area (TPSA) is 15.3 Å². The van der Waals surface area contributed by atoms with Gasteiger partial charge in [0.05, 0.1) is 0 Å². The summed E-state index contributed by atoms with van der Waals surface area (Å²) in [5, 5.41) is 3.54. The third kappa shape index (κ3) is 3.49. The highest BCUT2D eigenvalue weighted by Crippen LogP contribution is 2.23. The number of nitrogens with zero attached hydrogens (tertiary/aromatic N) is 1. The molecule has 2 rings (SSSR count). The molecule has 1 aliphatic rings. The molecule has 2 nitrogen and oxygen atoms in total. The molecule has 0 radical (unpaired) electrons. The zero-order valence-electron chi connectivity index (χ0n) is 11.8. The van der Waals surface area contributed by atoms with E-state index in [1.54, 1.807) is 0 Å². The van der Waals surface area contributed by atoms with Crippen molar-refractivity contribution in [2.45, 2.75) is 33.1 Å². The lowest BCUT2D eigenvalue weighted by atomic mass is 10.1. The lowest BCUT2D eigenvalue weighted by Gasteiger charge is -2.19. The second kappa shape index (κ2) is 6.79. The molecule has 1 saturated heterocycles. The first-order valence-electron chi connectivity index (χ1n) is 7.38. The maximum Gasteiger partial charge on any atom is 0.0366 e. The lowest BCUT2D eigenvalue weighted by molar-refractivity contribution is 0.516. The summed E-state index contributed by atoms with van der Waals surface area (Å²) in [4.78, 5) is 2.53. The zero-order valence-corrected chi connectivity index (χ0v) is 11.8. The van der Waals surface area contributed by atoms with E-state index >= 15 is 0 Å². The average molecular weight is 246 g/mol. The van der Waals surface area contributed by atoms with E-state index < -0.39 is 0 Å². The van der Waals surface area contributed by atoms with E-state index in [0.29, 0.717) is 0 Å². The van der Waals surface area contributed by atoms with Crippen LogP contribution in [-0.4, -0.2) is 26.2 Å². The molecule has 1 heterocycles. The van der Waals surface area contributed by atoms with Crippen molar-refractivity contribution >= 4 is 5.69 Å². The minimum absolute atomic E-state index is 0.822. The summed E-state index contributed by atoms with van der Waals surface area (Å²) in [6.45, 7) is 9.19. The van der Waals surface area contributed by atoms with E-state index in [1.165, 1.54) is 43.7 Å². The first-order chi connectivity index (χ1) is 8.83. The molecule has 1 unspecified atom stereocenters. The van der Waals surface area contributed by atoms with Crippen LogP contribution in [0.2, 0.25) is 0 Å². The summed E-state index contributed by atoms with van der Waals surface area (Å²) in [5.74, 6) is 0.822. The van der Waals surface area contributed by atoms with Gasteiger partial charge in [0.1, 0.15) is 0 Å². The first kappa shape index (κ1) is 13.4. The Balaban J connectivity index is 1.83. The van der Waals surface area contributed by atoms with Gasteiger partial charge in [0, 0.05) is 18.8 Å². The molecule has 0 bridgehead atoms. The Morgan fingerprint density at radius 1 is 1.22 bits per heavy atom. The quantitative estimate of drug-likeness (QED) is 0.776. The number of anilines is 1. The summed E-state index contributed by atoms with van der Waals surface area (Å²) in [5.41, 5.74) is 2.82. The van der Waals surface area contributed by atoms with Crippen molar-refractivity contribution in [1.29, 1.82) is 0 Å². The third-order valence-electron chi connectivity index (χ3n) is 3.86. The van der Waals surface area contributed by atoms with Crippen LogP contribution in [0.5, 0.6) is 0 Å². The normalized spacial score (nSPS) is 19.4. The molecule has 1 aromatic rings. The van der Waals surface area contributed by atoms with Gasteiger partial charge in [0.25, 0.3) is 0 Å². The molecule has 0 spiro atoms. The van der Waals surface area contributed by atoms with Gasteiger partial charge in [-0.25, -0.2) is 0 Å². The van der Waals surface area contributed by atoms with Crippen LogP contribution in [0.25, 0.3) is 0 Å². The summed E-state index contributed by atoms with van der Waals surface area (Å²) >= 11 is 0. The molecule has 1 aliphatic heterocycles. The van der Waals surface area contributed by atoms with Crippen LogP contribution < -0.4 is 10.2 Å². The molecule has 0 saturated carbocycles. The monoisotopic (exact) mass is 246 g/mol. The second-order valence-corrected chi connectivity index (χ2v) is 5.32. The van der Waals surface area contributed by atoms with Crippen LogP contribution in [0.3, 0.4) is 0 Å². The maximum atomic E-state index is 3.54. The molecule has 18 heavy (non-hydrogen) atoms. The minimum atomic E-state index is 0.822. The number of hydrogen-bond donors (Lipinski definition) is 1. The molecule has 100 valence electrons. The van der Waals surface area contributed by atoms with Crippen LogP contribution in [-0.2, 0) is 6.42 Å². The standard InChI is InChI=1S/C16H26N2/c1-3-10-17-12-15-9-11-18(13-15)16-7-5-14(4-2)6-8-16/h5-8,15,17H,3-4,9-13H2,1-2H3. The Bertz CT molecular complexity index is 345. The van der Waals surface area contributed by atoms with Gasteiger partial charge in [-0.3, -0.25) is 0 Å². The minimum Gasteiger partial charge on any atom is -0.371 e. The Morgan fingerprint density at radius 2 is 2.00 bits per heavy atom. The van der Waals surface area contributed by atoms with Crippen LogP contribution in [0.1, 0.15) is 32.3 Å². The third-order valence-corrected chi connectivity index (χ3v) is 3.86. The van der Waals surface area contributed by atoms with Crippen LogP contribution in [0.4, 0.5) is 5.69 Å². The molecule has 0 aliphatic carbocycles. The van der Waals surface area contributed by atoms with Gasteiger partial charge in [-0.05, 0) is 56.0 Å². The maximum absolute atomic E-state index is 3.54. The van der Waals surface area contributed by atoms with Gasteiger partial charge in [-0.1, -0.05) is 26.0 Å². The van der Waals surface area contributed by atoms with Gasteiger partial charge in [0.2, 0.25) is 0 Å². The van der Waals surface area contributed by atoms with E-state index in [1.807, 2.05) is 0 Å². The van der Waals surface area contributed by atoms with Gasteiger partial charge in [-0.2, -0.15) is 0 Å². The Morgan fingerprint density at radius 3 is 2.67 bits per heavy atom. The van der Waals surface area contributed by atoms with E-state index in [9.17, 15) is 0 Å². The van der Waals surface area contributed by atoms with Crippen LogP contribution in [0.15, 0.2) is 24.3 Å². The highest BCUT2D eigenvalue weighted by atomic mass is 15.2. The van der Waals surface area contributed by atoms with Crippen molar-refractivity contribution in [3.8, 4) is 0 Å². The predicted octanol–water partition coefficient (Wildman–Crippen LogP) is 3.07. The molecule has 1 N–H and O–H groups in total. The average Bonchev–Trinajstić information content (AvgIpc) is 2.88. The van der Waals surface area contributed by atoms with Gasteiger partial charge >= 0.3 is 0 Å². The predicted molar refractivity (Wildman–Crippen MR) is 79.3 cm³/mol. The highest BCUT2D eigenvalue weighted by Gasteiger charge is 2.21. The van der Waals surface area contributed by atoms with Gasteiger partial charge in [0.15, 0.2) is 0 Å². The van der Waals surface area contributed by atoms with Crippen molar-refractivity contribution in [2.24, 2.45) is 5.92 Å². The summed E-state index contributed by atoms with van der Waals surface area (Å²) in [6.07, 6.45) is 3.69. The van der Waals surface area contributed by atoms with Crippen molar-refractivity contribution in [3.63, 3.8) is 0 Å². The highest BCUT2D eigenvalue weighted by molar-refractivity contribution is 5.48. The summed E-state index contributed by atoms with van der Waals surface area (Å²) < 4.78 is 0. The second-order valence-electron chi connectivity index (χ2n) is 5.32. The molecule has 0 amide bonds. The number of benzene rings is 1. The molecule has 0 aromatic heterocycles. The zero-order chi connectivity index (χ0) is 12.8. The fourth-order valence-electron chi connectivity index (χ4n) is 2.66. The molecular weight excluding hydrogens is 220 g/mol. The Labute approximate surface area is 111 Å². The van der Waals surface area contributed by atoms with E-state index in [4.69, 9.17) is 0 Å². The van der Waals surface area contributed by atoms with Crippen molar-refractivity contribution in [1.82, 2.24) is 5.32 Å². The van der Waals surface area contributed by atoms with E-state index in [-0.39, 0.29) is 0 Å². The smallest absolute Gasteiger partial charge is 0.0366 e. The SMILES string of the molecule is CCCNCC1CCN(c2ccc(CC)cc2)C1. The van der Waals surface area contributed by atoms with Crippen molar-refractivity contribution in [2.75, 3.05) is 31.1 Å². The Hall–Kier alpha value is -1.02. The van der Waals surface area contributed by atoms with Crippen molar-refractivity contribution in [3.05, 3.63) is 29.8 Å². The van der Waals surface area contributed by atoms with Gasteiger partial charge in [-0.15, -0.1) is 0 Å². The van der Waals surface area contributed by atoms with Crippen LogP contribution in [0, 0.1) is 5.92 Å². The fourth-order valence-corrected chi connectivity index (χ4v) is 2.66.